The minimum Gasteiger partial charge on any atom is -0.456 e. The second-order valence-electron chi connectivity index (χ2n) is 10.5. The minimum atomic E-state index is 0.272. The van der Waals surface area contributed by atoms with Crippen molar-refractivity contribution in [3.05, 3.63) is 133 Å². The molecule has 2 atom stereocenters. The van der Waals surface area contributed by atoms with Gasteiger partial charge in [-0.1, -0.05) is 85.0 Å². The summed E-state index contributed by atoms with van der Waals surface area (Å²) in [6.07, 6.45) is 8.96. The van der Waals surface area contributed by atoms with E-state index in [-0.39, 0.29) is 6.04 Å². The summed E-state index contributed by atoms with van der Waals surface area (Å²) >= 11 is 0. The Hall–Kier alpha value is -5.02. The van der Waals surface area contributed by atoms with Crippen molar-refractivity contribution in [1.29, 1.82) is 0 Å². The maximum Gasteiger partial charge on any atom is 0.143 e. The molecule has 9 rings (SSSR count). The molecule has 2 unspecified atom stereocenters. The van der Waals surface area contributed by atoms with Crippen LogP contribution in [0.3, 0.4) is 0 Å². The molecule has 7 aromatic rings. The van der Waals surface area contributed by atoms with Crippen LogP contribution in [0.5, 0.6) is 0 Å². The average molecular weight is 502 g/mol. The highest BCUT2D eigenvalue weighted by atomic mass is 16.3. The first-order valence-electron chi connectivity index (χ1n) is 13.4. The molecule has 0 saturated heterocycles. The van der Waals surface area contributed by atoms with Crippen molar-refractivity contribution in [3.63, 3.8) is 0 Å². The van der Waals surface area contributed by atoms with E-state index in [1.165, 1.54) is 16.9 Å². The zero-order valence-corrected chi connectivity index (χ0v) is 21.0. The molecule has 0 bridgehead atoms. The molecule has 0 N–H and O–H groups in total. The fourth-order valence-electron chi connectivity index (χ4n) is 6.65. The number of benzene rings is 5. The Morgan fingerprint density at radius 1 is 0.564 bits per heavy atom. The number of hydrogen-bond donors (Lipinski definition) is 0. The van der Waals surface area contributed by atoms with Gasteiger partial charge >= 0.3 is 0 Å². The Bertz CT molecular complexity index is 2160. The zero-order valence-electron chi connectivity index (χ0n) is 21.0. The Morgan fingerprint density at radius 3 is 2.38 bits per heavy atom. The van der Waals surface area contributed by atoms with Crippen molar-refractivity contribution in [3.8, 4) is 11.1 Å². The van der Waals surface area contributed by atoms with E-state index in [0.29, 0.717) is 5.92 Å². The van der Waals surface area contributed by atoms with Gasteiger partial charge in [0.25, 0.3) is 0 Å². The van der Waals surface area contributed by atoms with E-state index >= 15 is 0 Å². The molecule has 2 aliphatic rings. The maximum absolute atomic E-state index is 6.53. The highest BCUT2D eigenvalue weighted by molar-refractivity contribution is 6.12. The van der Waals surface area contributed by atoms with Crippen LogP contribution in [-0.2, 0) is 0 Å². The Balaban J connectivity index is 1.21. The van der Waals surface area contributed by atoms with E-state index in [1.54, 1.807) is 0 Å². The molecule has 1 aliphatic heterocycles. The first-order chi connectivity index (χ1) is 19.3. The monoisotopic (exact) mass is 501 g/mol. The molecular weight excluding hydrogens is 478 g/mol. The van der Waals surface area contributed by atoms with Gasteiger partial charge in [-0.25, -0.2) is 0 Å². The van der Waals surface area contributed by atoms with Crippen molar-refractivity contribution in [1.82, 2.24) is 0 Å². The van der Waals surface area contributed by atoms with Gasteiger partial charge in [-0.15, -0.1) is 0 Å². The predicted octanol–water partition coefficient (Wildman–Crippen LogP) is 9.88. The largest absolute Gasteiger partial charge is 0.456 e. The van der Waals surface area contributed by atoms with E-state index in [4.69, 9.17) is 8.83 Å². The third-order valence-electron chi connectivity index (χ3n) is 8.41. The second kappa shape index (κ2) is 7.75. The molecule has 5 aromatic carbocycles. The summed E-state index contributed by atoms with van der Waals surface area (Å²) in [7, 11) is 0. The number of allylic oxidation sites excluding steroid dienone is 2. The van der Waals surface area contributed by atoms with Crippen LogP contribution in [0.25, 0.3) is 55.0 Å². The van der Waals surface area contributed by atoms with E-state index < -0.39 is 0 Å². The average Bonchev–Trinajstić information content (AvgIpc) is 3.66. The van der Waals surface area contributed by atoms with Crippen molar-refractivity contribution in [2.75, 3.05) is 4.90 Å². The molecule has 184 valence electrons. The molecule has 39 heavy (non-hydrogen) atoms. The number of hydrogen-bond acceptors (Lipinski definition) is 3. The van der Waals surface area contributed by atoms with E-state index in [0.717, 1.165) is 55.0 Å². The van der Waals surface area contributed by atoms with Gasteiger partial charge in [0.2, 0.25) is 0 Å². The molecule has 3 nitrogen and oxygen atoms in total. The lowest BCUT2D eigenvalue weighted by molar-refractivity contribution is 0.668. The molecule has 0 radical (unpaired) electrons. The summed E-state index contributed by atoms with van der Waals surface area (Å²) in [4.78, 5) is 2.47. The van der Waals surface area contributed by atoms with Gasteiger partial charge in [0.1, 0.15) is 22.3 Å². The number of fused-ring (bicyclic) bond motifs is 9. The van der Waals surface area contributed by atoms with E-state index in [2.05, 4.69) is 120 Å². The molecule has 1 aliphatic carbocycles. The Morgan fingerprint density at radius 2 is 1.38 bits per heavy atom. The lowest BCUT2D eigenvalue weighted by Gasteiger charge is -2.28. The first kappa shape index (κ1) is 21.0. The maximum atomic E-state index is 6.53. The number of anilines is 2. The summed E-state index contributed by atoms with van der Waals surface area (Å²) in [5.74, 6) is 0.364. The SMILES string of the molecule is C1=CC2c3ccccc3N(c3ccc4oc5c(-c6ccc7c(c6)oc6ccccc67)cccc5c4c3)C2C=C1. The molecule has 3 heterocycles. The standard InChI is InChI=1S/C36H23NO2/c1-4-13-31-25(8-1)26-9-2-5-14-32(26)37(31)23-17-19-34-30(21-23)29-12-7-11-24(36(29)39-34)22-16-18-28-27-10-3-6-15-33(27)38-35(28)20-22/h1-21,25,31H. The fraction of sp³-hybridized carbons (Fsp3) is 0.0556. The summed E-state index contributed by atoms with van der Waals surface area (Å²) in [5.41, 5.74) is 9.59. The van der Waals surface area contributed by atoms with Crippen molar-refractivity contribution in [2.24, 2.45) is 0 Å². The Kier molecular flexibility index (Phi) is 4.17. The molecule has 0 spiro atoms. The summed E-state index contributed by atoms with van der Waals surface area (Å²) in [6, 6.07) is 36.7. The topological polar surface area (TPSA) is 29.5 Å². The lowest BCUT2D eigenvalue weighted by atomic mass is 9.91. The summed E-state index contributed by atoms with van der Waals surface area (Å²) in [6.45, 7) is 0. The quantitative estimate of drug-likeness (QED) is 0.236. The van der Waals surface area contributed by atoms with Crippen molar-refractivity contribution in [2.45, 2.75) is 12.0 Å². The summed E-state index contributed by atoms with van der Waals surface area (Å²) in [5, 5.41) is 4.52. The van der Waals surface area contributed by atoms with Crippen molar-refractivity contribution < 1.29 is 8.83 Å². The zero-order chi connectivity index (χ0) is 25.5. The molecular formula is C36H23NO2. The number of furan rings is 2. The molecule has 2 aromatic heterocycles. The highest BCUT2D eigenvalue weighted by Crippen LogP contribution is 2.48. The second-order valence-corrected chi connectivity index (χ2v) is 10.5. The molecule has 0 amide bonds. The van der Waals surface area contributed by atoms with Crippen molar-refractivity contribution >= 4 is 55.3 Å². The van der Waals surface area contributed by atoms with Crippen LogP contribution >= 0.6 is 0 Å². The number of rotatable bonds is 2. The lowest BCUT2D eigenvalue weighted by Crippen LogP contribution is -2.28. The van der Waals surface area contributed by atoms with Crippen LogP contribution in [0.4, 0.5) is 11.4 Å². The van der Waals surface area contributed by atoms with Gasteiger partial charge < -0.3 is 13.7 Å². The minimum absolute atomic E-state index is 0.272. The van der Waals surface area contributed by atoms with Crippen LogP contribution in [0.15, 0.2) is 136 Å². The van der Waals surface area contributed by atoms with Gasteiger partial charge in [-0.2, -0.15) is 0 Å². The van der Waals surface area contributed by atoms with Gasteiger partial charge in [0.05, 0.1) is 6.04 Å². The van der Waals surface area contributed by atoms with E-state index in [9.17, 15) is 0 Å². The molecule has 0 saturated carbocycles. The van der Waals surface area contributed by atoms with Gasteiger partial charge in [0, 0.05) is 44.4 Å². The van der Waals surface area contributed by atoms with Crippen LogP contribution in [0.1, 0.15) is 11.5 Å². The third-order valence-corrected chi connectivity index (χ3v) is 8.41. The van der Waals surface area contributed by atoms with E-state index in [1.807, 2.05) is 12.1 Å². The van der Waals surface area contributed by atoms with Crippen LogP contribution in [-0.4, -0.2) is 6.04 Å². The van der Waals surface area contributed by atoms with Crippen LogP contribution < -0.4 is 4.90 Å². The number of nitrogens with zero attached hydrogens (tertiary/aromatic N) is 1. The van der Waals surface area contributed by atoms with Gasteiger partial charge in [-0.3, -0.25) is 0 Å². The first-order valence-corrected chi connectivity index (χ1v) is 13.4. The molecule has 3 heteroatoms. The molecule has 0 fully saturated rings. The predicted molar refractivity (Wildman–Crippen MR) is 160 cm³/mol. The number of para-hydroxylation sites is 3. The third kappa shape index (κ3) is 2.93. The highest BCUT2D eigenvalue weighted by Gasteiger charge is 2.37. The fourth-order valence-corrected chi connectivity index (χ4v) is 6.65. The summed E-state index contributed by atoms with van der Waals surface area (Å²) < 4.78 is 12.7. The smallest absolute Gasteiger partial charge is 0.143 e. The van der Waals surface area contributed by atoms with Crippen LogP contribution in [0.2, 0.25) is 0 Å². The van der Waals surface area contributed by atoms with Gasteiger partial charge in [0.15, 0.2) is 0 Å². The van der Waals surface area contributed by atoms with Crippen LogP contribution in [0, 0.1) is 0 Å². The Labute approximate surface area is 224 Å². The van der Waals surface area contributed by atoms with Gasteiger partial charge in [-0.05, 0) is 53.6 Å². The normalized spacial score (nSPS) is 18.0.